The number of carbonyl (C=O) groups is 1. The predicted molar refractivity (Wildman–Crippen MR) is 97.6 cm³/mol. The summed E-state index contributed by atoms with van der Waals surface area (Å²) in [6, 6.07) is 3.21. The molecule has 8 heteroatoms. The molecule has 1 saturated heterocycles. The zero-order valence-corrected chi connectivity index (χ0v) is 15.5. The van der Waals surface area contributed by atoms with Crippen LogP contribution in [0.5, 0.6) is 5.75 Å². The van der Waals surface area contributed by atoms with Crippen molar-refractivity contribution in [1.29, 1.82) is 0 Å². The molecule has 148 valence electrons. The van der Waals surface area contributed by atoms with Gasteiger partial charge in [0.2, 0.25) is 0 Å². The van der Waals surface area contributed by atoms with Crippen LogP contribution in [0.2, 0.25) is 0 Å². The van der Waals surface area contributed by atoms with E-state index >= 15 is 0 Å². The van der Waals surface area contributed by atoms with Crippen LogP contribution < -0.4 is 10.1 Å². The van der Waals surface area contributed by atoms with Gasteiger partial charge in [0.25, 0.3) is 5.91 Å². The van der Waals surface area contributed by atoms with E-state index in [-0.39, 0.29) is 24.3 Å². The van der Waals surface area contributed by atoms with Crippen LogP contribution in [0.25, 0.3) is 0 Å². The van der Waals surface area contributed by atoms with Gasteiger partial charge < -0.3 is 15.0 Å². The number of halogens is 2. The lowest BCUT2D eigenvalue weighted by molar-refractivity contribution is -0.134. The second-order valence-corrected chi connectivity index (χ2v) is 7.13. The van der Waals surface area contributed by atoms with E-state index in [1.807, 2.05) is 0 Å². The second kappa shape index (κ2) is 8.18. The minimum Gasteiger partial charge on any atom is -0.481 e. The van der Waals surface area contributed by atoms with E-state index in [1.54, 1.807) is 11.1 Å². The number of rotatable bonds is 4. The summed E-state index contributed by atoms with van der Waals surface area (Å²) in [5, 5.41) is 3.45. The normalized spacial score (nSPS) is 19.2. The number of fused-ring (bicyclic) bond motifs is 1. The van der Waals surface area contributed by atoms with Gasteiger partial charge in [0.15, 0.2) is 18.2 Å². The van der Waals surface area contributed by atoms with E-state index in [0.29, 0.717) is 19.5 Å². The zero-order chi connectivity index (χ0) is 19.5. The highest BCUT2D eigenvalue weighted by molar-refractivity contribution is 5.78. The lowest BCUT2D eigenvalue weighted by Gasteiger charge is -2.29. The van der Waals surface area contributed by atoms with E-state index in [0.717, 1.165) is 42.2 Å². The van der Waals surface area contributed by atoms with E-state index in [4.69, 9.17) is 9.72 Å². The molecule has 0 saturated carbocycles. The van der Waals surface area contributed by atoms with Crippen LogP contribution >= 0.6 is 0 Å². The molecule has 0 bridgehead atoms. The topological polar surface area (TPSA) is 67.3 Å². The minimum absolute atomic E-state index is 0.139. The Morgan fingerprint density at radius 1 is 1.32 bits per heavy atom. The fourth-order valence-corrected chi connectivity index (χ4v) is 3.61. The first kappa shape index (κ1) is 18.7. The minimum atomic E-state index is -0.825. The van der Waals surface area contributed by atoms with Crippen LogP contribution in [0.1, 0.15) is 42.4 Å². The lowest BCUT2D eigenvalue weighted by atomic mass is 10.0. The maximum atomic E-state index is 13.6. The van der Waals surface area contributed by atoms with Crippen molar-refractivity contribution < 1.29 is 18.3 Å². The van der Waals surface area contributed by atoms with Crippen LogP contribution in [0.15, 0.2) is 24.4 Å². The molecule has 2 aliphatic rings. The van der Waals surface area contributed by atoms with Crippen molar-refractivity contribution in [2.75, 3.05) is 19.7 Å². The van der Waals surface area contributed by atoms with Gasteiger partial charge in [-0.3, -0.25) is 4.79 Å². The van der Waals surface area contributed by atoms with Gasteiger partial charge in [-0.05, 0) is 31.5 Å². The fraction of sp³-hybridized carbons (Fsp3) is 0.450. The van der Waals surface area contributed by atoms with Crippen LogP contribution in [0.4, 0.5) is 8.78 Å². The number of piperidine rings is 1. The molecule has 1 amide bonds. The van der Waals surface area contributed by atoms with E-state index in [1.165, 1.54) is 18.9 Å². The first-order valence-corrected chi connectivity index (χ1v) is 9.54. The van der Waals surface area contributed by atoms with Gasteiger partial charge in [-0.1, -0.05) is 6.42 Å². The number of amides is 1. The van der Waals surface area contributed by atoms with Gasteiger partial charge in [-0.25, -0.2) is 18.7 Å². The van der Waals surface area contributed by atoms with Crippen molar-refractivity contribution in [3.63, 3.8) is 0 Å². The Morgan fingerprint density at radius 2 is 2.21 bits per heavy atom. The van der Waals surface area contributed by atoms with Gasteiger partial charge in [0.1, 0.15) is 11.6 Å². The molecule has 0 unspecified atom stereocenters. The van der Waals surface area contributed by atoms with Gasteiger partial charge in [0.05, 0.1) is 11.7 Å². The Bertz CT molecular complexity index is 871. The molecule has 6 nitrogen and oxygen atoms in total. The maximum absolute atomic E-state index is 13.6. The standard InChI is InChI=1S/C20H22F2N4O2/c21-14-4-5-18(15(22)9-14)28-12-19(27)26-8-6-16-13(11-26)10-24-20(25-16)17-3-1-2-7-23-17/h4-5,9-10,17,23H,1-3,6-8,11-12H2/t17-/m0/s1. The summed E-state index contributed by atoms with van der Waals surface area (Å²) in [5.74, 6) is -1.08. The van der Waals surface area contributed by atoms with Gasteiger partial charge in [-0.2, -0.15) is 0 Å². The number of hydrogen-bond acceptors (Lipinski definition) is 5. The van der Waals surface area contributed by atoms with E-state index < -0.39 is 11.6 Å². The molecule has 28 heavy (non-hydrogen) atoms. The van der Waals surface area contributed by atoms with E-state index in [9.17, 15) is 13.6 Å². The van der Waals surface area contributed by atoms with Crippen molar-refractivity contribution in [1.82, 2.24) is 20.2 Å². The summed E-state index contributed by atoms with van der Waals surface area (Å²) >= 11 is 0. The summed E-state index contributed by atoms with van der Waals surface area (Å²) < 4.78 is 31.8. The van der Waals surface area contributed by atoms with Crippen LogP contribution in [0.3, 0.4) is 0 Å². The average Bonchev–Trinajstić information content (AvgIpc) is 2.73. The molecular formula is C20H22F2N4O2. The Morgan fingerprint density at radius 3 is 3.00 bits per heavy atom. The summed E-state index contributed by atoms with van der Waals surface area (Å²) in [6.45, 7) is 1.61. The Hall–Kier alpha value is -2.61. The van der Waals surface area contributed by atoms with Crippen molar-refractivity contribution in [3.05, 3.63) is 53.1 Å². The van der Waals surface area contributed by atoms with Crippen molar-refractivity contribution in [3.8, 4) is 5.75 Å². The molecule has 0 spiro atoms. The monoisotopic (exact) mass is 388 g/mol. The molecule has 1 N–H and O–H groups in total. The van der Waals surface area contributed by atoms with Gasteiger partial charge in [-0.15, -0.1) is 0 Å². The number of ether oxygens (including phenoxy) is 1. The van der Waals surface area contributed by atoms with Crippen LogP contribution in [-0.2, 0) is 17.8 Å². The number of hydrogen-bond donors (Lipinski definition) is 1. The molecule has 4 rings (SSSR count). The second-order valence-electron chi connectivity index (χ2n) is 7.13. The molecule has 1 aromatic heterocycles. The number of nitrogens with one attached hydrogen (secondary N) is 1. The summed E-state index contributed by atoms with van der Waals surface area (Å²) in [5.41, 5.74) is 1.90. The molecule has 2 aromatic rings. The largest absolute Gasteiger partial charge is 0.481 e. The van der Waals surface area contributed by atoms with Crippen molar-refractivity contribution >= 4 is 5.91 Å². The number of nitrogens with zero attached hydrogens (tertiary/aromatic N) is 3. The van der Waals surface area contributed by atoms with Crippen LogP contribution in [0, 0.1) is 11.6 Å². The first-order valence-electron chi connectivity index (χ1n) is 9.54. The number of carbonyl (C=O) groups excluding carboxylic acids is 1. The quantitative estimate of drug-likeness (QED) is 0.872. The van der Waals surface area contributed by atoms with Crippen molar-refractivity contribution in [2.45, 2.75) is 38.3 Å². The Labute approximate surface area is 161 Å². The highest BCUT2D eigenvalue weighted by atomic mass is 19.1. The molecule has 0 aliphatic carbocycles. The summed E-state index contributed by atoms with van der Waals surface area (Å²) in [4.78, 5) is 23.3. The third kappa shape index (κ3) is 4.11. The van der Waals surface area contributed by atoms with Crippen LogP contribution in [-0.4, -0.2) is 40.5 Å². The molecule has 3 heterocycles. The highest BCUT2D eigenvalue weighted by Gasteiger charge is 2.25. The fourth-order valence-electron chi connectivity index (χ4n) is 3.61. The van der Waals surface area contributed by atoms with Crippen molar-refractivity contribution in [2.24, 2.45) is 0 Å². The molecule has 1 aromatic carbocycles. The molecule has 1 atom stereocenters. The first-order chi connectivity index (χ1) is 13.6. The van der Waals surface area contributed by atoms with E-state index in [2.05, 4.69) is 10.3 Å². The smallest absolute Gasteiger partial charge is 0.260 e. The average molecular weight is 388 g/mol. The summed E-state index contributed by atoms with van der Waals surface area (Å²) in [7, 11) is 0. The third-order valence-corrected chi connectivity index (χ3v) is 5.17. The molecule has 1 fully saturated rings. The molecule has 0 radical (unpaired) electrons. The Kier molecular flexibility index (Phi) is 5.47. The number of benzene rings is 1. The molecular weight excluding hydrogens is 366 g/mol. The SMILES string of the molecule is O=C(COc1ccc(F)cc1F)N1CCc2nc([C@@H]3CCCCN3)ncc2C1. The lowest BCUT2D eigenvalue weighted by Crippen LogP contribution is -2.39. The Balaban J connectivity index is 1.37. The predicted octanol–water partition coefficient (Wildman–Crippen LogP) is 2.53. The molecule has 2 aliphatic heterocycles. The van der Waals surface area contributed by atoms with Gasteiger partial charge in [0, 0.05) is 37.3 Å². The maximum Gasteiger partial charge on any atom is 0.260 e. The van der Waals surface area contributed by atoms with Gasteiger partial charge >= 0.3 is 0 Å². The summed E-state index contributed by atoms with van der Waals surface area (Å²) in [6.07, 6.45) is 5.85. The highest BCUT2D eigenvalue weighted by Crippen LogP contribution is 2.23. The number of aromatic nitrogens is 2. The zero-order valence-electron chi connectivity index (χ0n) is 15.5. The third-order valence-electron chi connectivity index (χ3n) is 5.17.